The average molecular weight is 290 g/mol. The number of nitrogens with zero attached hydrogens (tertiary/aromatic N) is 1. The molecule has 4 atom stereocenters. The van der Waals surface area contributed by atoms with Gasteiger partial charge in [0.1, 0.15) is 0 Å². The van der Waals surface area contributed by atoms with E-state index in [2.05, 4.69) is 49.1 Å². The predicted octanol–water partition coefficient (Wildman–Crippen LogP) is 2.86. The van der Waals surface area contributed by atoms with Crippen molar-refractivity contribution in [3.05, 3.63) is 35.9 Å². The van der Waals surface area contributed by atoms with E-state index in [1.54, 1.807) is 0 Å². The molecule has 1 aromatic carbocycles. The molecule has 1 aliphatic heterocycles. The number of hydrogen-bond acceptors (Lipinski definition) is 3. The van der Waals surface area contributed by atoms with Gasteiger partial charge in [0, 0.05) is 26.2 Å². The van der Waals surface area contributed by atoms with E-state index in [0.717, 1.165) is 26.1 Å². The molecule has 4 unspecified atom stereocenters. The molecule has 1 heterocycles. The lowest BCUT2D eigenvalue weighted by molar-refractivity contribution is -0.0196. The molecule has 1 fully saturated rings. The molecular weight excluding hydrogens is 260 g/mol. The largest absolute Gasteiger partial charge is 0.380 e. The molecule has 1 aliphatic rings. The summed E-state index contributed by atoms with van der Waals surface area (Å²) < 4.78 is 5.64. The van der Waals surface area contributed by atoms with Gasteiger partial charge in [-0.25, -0.2) is 0 Å². The smallest absolute Gasteiger partial charge is 0.0724 e. The van der Waals surface area contributed by atoms with Crippen LogP contribution in [0.3, 0.4) is 0 Å². The highest BCUT2D eigenvalue weighted by Crippen LogP contribution is 2.26. The van der Waals surface area contributed by atoms with Crippen LogP contribution >= 0.6 is 0 Å². The summed E-state index contributed by atoms with van der Waals surface area (Å²) in [5.41, 5.74) is 7.48. The zero-order valence-electron chi connectivity index (χ0n) is 13.7. The maximum absolute atomic E-state index is 6.07. The molecule has 21 heavy (non-hydrogen) atoms. The fourth-order valence-corrected chi connectivity index (χ4v) is 3.42. The summed E-state index contributed by atoms with van der Waals surface area (Å²) in [4.78, 5) is 2.54. The second-order valence-electron chi connectivity index (χ2n) is 6.47. The normalized spacial score (nSPS) is 26.5. The van der Waals surface area contributed by atoms with Gasteiger partial charge in [0.2, 0.25) is 0 Å². The maximum atomic E-state index is 6.07. The van der Waals surface area contributed by atoms with E-state index in [0.29, 0.717) is 24.0 Å². The standard InChI is InChI=1S/C18H30N2O/c1-14-9-10-20(13-18(14)21-3)17(12-19)11-15(2)16-7-5-4-6-8-16/h4-8,14-15,17-18H,9-13,19H2,1-3H3. The zero-order chi connectivity index (χ0) is 15.2. The third-order valence-corrected chi connectivity index (χ3v) is 5.01. The number of methoxy groups -OCH3 is 1. The number of likely N-dealkylation sites (tertiary alicyclic amines) is 1. The van der Waals surface area contributed by atoms with E-state index in [1.165, 1.54) is 12.0 Å². The van der Waals surface area contributed by atoms with Gasteiger partial charge < -0.3 is 10.5 Å². The minimum Gasteiger partial charge on any atom is -0.380 e. The molecule has 2 rings (SSSR count). The van der Waals surface area contributed by atoms with Crippen LogP contribution < -0.4 is 5.73 Å². The maximum Gasteiger partial charge on any atom is 0.0724 e. The van der Waals surface area contributed by atoms with E-state index in [1.807, 2.05) is 7.11 Å². The van der Waals surface area contributed by atoms with Crippen molar-refractivity contribution in [2.24, 2.45) is 11.7 Å². The van der Waals surface area contributed by atoms with E-state index in [4.69, 9.17) is 10.5 Å². The van der Waals surface area contributed by atoms with Gasteiger partial charge in [0.25, 0.3) is 0 Å². The highest BCUT2D eigenvalue weighted by atomic mass is 16.5. The molecule has 3 nitrogen and oxygen atoms in total. The van der Waals surface area contributed by atoms with Gasteiger partial charge in [-0.2, -0.15) is 0 Å². The lowest BCUT2D eigenvalue weighted by Crippen LogP contribution is -2.51. The molecule has 0 aromatic heterocycles. The van der Waals surface area contributed by atoms with Crippen LogP contribution in [0.15, 0.2) is 30.3 Å². The summed E-state index contributed by atoms with van der Waals surface area (Å²) in [6.45, 7) is 7.47. The molecule has 2 N–H and O–H groups in total. The van der Waals surface area contributed by atoms with Crippen molar-refractivity contribution < 1.29 is 4.74 Å². The van der Waals surface area contributed by atoms with Crippen molar-refractivity contribution >= 4 is 0 Å². The number of rotatable bonds is 6. The van der Waals surface area contributed by atoms with Crippen molar-refractivity contribution in [1.29, 1.82) is 0 Å². The average Bonchev–Trinajstić information content (AvgIpc) is 2.54. The van der Waals surface area contributed by atoms with Gasteiger partial charge in [-0.1, -0.05) is 44.2 Å². The van der Waals surface area contributed by atoms with Crippen molar-refractivity contribution in [2.45, 2.75) is 44.8 Å². The van der Waals surface area contributed by atoms with Crippen LogP contribution in [-0.2, 0) is 4.74 Å². The van der Waals surface area contributed by atoms with Crippen molar-refractivity contribution in [1.82, 2.24) is 4.90 Å². The first-order valence-corrected chi connectivity index (χ1v) is 8.17. The van der Waals surface area contributed by atoms with E-state index in [-0.39, 0.29) is 0 Å². The summed E-state index contributed by atoms with van der Waals surface area (Å²) in [6, 6.07) is 11.2. The van der Waals surface area contributed by atoms with Gasteiger partial charge >= 0.3 is 0 Å². The first-order chi connectivity index (χ1) is 10.2. The Morgan fingerprint density at radius 2 is 2.05 bits per heavy atom. The van der Waals surface area contributed by atoms with Gasteiger partial charge in [-0.3, -0.25) is 4.90 Å². The lowest BCUT2D eigenvalue weighted by Gasteiger charge is -2.41. The Morgan fingerprint density at radius 1 is 1.33 bits per heavy atom. The Balaban J connectivity index is 1.96. The second kappa shape index (κ2) is 7.92. The summed E-state index contributed by atoms with van der Waals surface area (Å²) >= 11 is 0. The van der Waals surface area contributed by atoms with Crippen molar-refractivity contribution in [3.63, 3.8) is 0 Å². The minimum absolute atomic E-state index is 0.347. The Hall–Kier alpha value is -0.900. The van der Waals surface area contributed by atoms with Gasteiger partial charge in [-0.05, 0) is 36.8 Å². The third kappa shape index (κ3) is 4.29. The highest BCUT2D eigenvalue weighted by Gasteiger charge is 2.30. The van der Waals surface area contributed by atoms with Crippen LogP contribution in [0.5, 0.6) is 0 Å². The molecule has 0 aliphatic carbocycles. The molecule has 1 saturated heterocycles. The molecule has 0 amide bonds. The molecule has 0 bridgehead atoms. The van der Waals surface area contributed by atoms with E-state index >= 15 is 0 Å². The fourth-order valence-electron chi connectivity index (χ4n) is 3.42. The quantitative estimate of drug-likeness (QED) is 0.875. The molecule has 3 heteroatoms. The Morgan fingerprint density at radius 3 is 2.67 bits per heavy atom. The van der Waals surface area contributed by atoms with Crippen molar-refractivity contribution in [3.8, 4) is 0 Å². The summed E-state index contributed by atoms with van der Waals surface area (Å²) in [5, 5.41) is 0. The second-order valence-corrected chi connectivity index (χ2v) is 6.47. The number of benzene rings is 1. The van der Waals surface area contributed by atoms with Gasteiger partial charge in [0.05, 0.1) is 6.10 Å². The van der Waals surface area contributed by atoms with Gasteiger partial charge in [0.15, 0.2) is 0 Å². The lowest BCUT2D eigenvalue weighted by atomic mass is 9.90. The van der Waals surface area contributed by atoms with Crippen molar-refractivity contribution in [2.75, 3.05) is 26.7 Å². The Bertz CT molecular complexity index is 409. The topological polar surface area (TPSA) is 38.5 Å². The predicted molar refractivity (Wildman–Crippen MR) is 88.5 cm³/mol. The van der Waals surface area contributed by atoms with Crippen LogP contribution in [0, 0.1) is 5.92 Å². The molecule has 0 saturated carbocycles. The third-order valence-electron chi connectivity index (χ3n) is 5.01. The molecule has 0 spiro atoms. The molecule has 118 valence electrons. The Kier molecular flexibility index (Phi) is 6.22. The monoisotopic (exact) mass is 290 g/mol. The van der Waals surface area contributed by atoms with Crippen LogP contribution in [0.25, 0.3) is 0 Å². The summed E-state index contributed by atoms with van der Waals surface area (Å²) in [5.74, 6) is 1.19. The number of ether oxygens (including phenoxy) is 1. The van der Waals surface area contributed by atoms with Crippen LogP contribution in [0.1, 0.15) is 38.2 Å². The number of nitrogens with two attached hydrogens (primary N) is 1. The molecule has 0 radical (unpaired) electrons. The minimum atomic E-state index is 0.347. The molecular formula is C18H30N2O. The van der Waals surface area contributed by atoms with Crippen LogP contribution in [0.4, 0.5) is 0 Å². The van der Waals surface area contributed by atoms with Crippen LogP contribution in [0.2, 0.25) is 0 Å². The van der Waals surface area contributed by atoms with E-state index < -0.39 is 0 Å². The van der Waals surface area contributed by atoms with E-state index in [9.17, 15) is 0 Å². The SMILES string of the molecule is COC1CN(C(CN)CC(C)c2ccccc2)CCC1C. The van der Waals surface area contributed by atoms with Crippen LogP contribution in [-0.4, -0.2) is 43.8 Å². The zero-order valence-corrected chi connectivity index (χ0v) is 13.7. The summed E-state index contributed by atoms with van der Waals surface area (Å²) in [7, 11) is 1.83. The number of piperidine rings is 1. The molecule has 1 aromatic rings. The first-order valence-electron chi connectivity index (χ1n) is 8.17. The Labute approximate surface area is 129 Å². The highest BCUT2D eigenvalue weighted by molar-refractivity contribution is 5.19. The summed E-state index contributed by atoms with van der Waals surface area (Å²) in [6.07, 6.45) is 2.67. The number of hydrogen-bond donors (Lipinski definition) is 1. The fraction of sp³-hybridized carbons (Fsp3) is 0.667. The van der Waals surface area contributed by atoms with Gasteiger partial charge in [-0.15, -0.1) is 0 Å². The first kappa shape index (κ1) is 16.5.